The Bertz CT molecular complexity index is 991. The molecular formula is C17H9F3N2O2. The van der Waals surface area contributed by atoms with Crippen molar-refractivity contribution in [2.45, 2.75) is 6.18 Å². The number of nitrogens with zero attached hydrogens (tertiary/aromatic N) is 2. The average Bonchev–Trinajstić information content (AvgIpc) is 3.25. The number of alkyl halides is 3. The molecule has 120 valence electrons. The summed E-state index contributed by atoms with van der Waals surface area (Å²) in [6.07, 6.45) is -1.50. The van der Waals surface area contributed by atoms with E-state index in [-0.39, 0.29) is 5.52 Å². The molecule has 0 amide bonds. The minimum atomic E-state index is -4.44. The third-order valence-corrected chi connectivity index (χ3v) is 3.50. The Morgan fingerprint density at radius 2 is 1.33 bits per heavy atom. The van der Waals surface area contributed by atoms with E-state index in [1.54, 1.807) is 24.3 Å². The maximum atomic E-state index is 12.9. The Labute approximate surface area is 133 Å². The first-order valence-electron chi connectivity index (χ1n) is 6.99. The van der Waals surface area contributed by atoms with Crippen LogP contribution in [0.3, 0.4) is 0 Å². The van der Waals surface area contributed by atoms with Crippen molar-refractivity contribution >= 4 is 11.0 Å². The number of hydrogen-bond donors (Lipinski definition) is 0. The molecule has 1 aromatic carbocycles. The third kappa shape index (κ3) is 2.44. The monoisotopic (exact) mass is 330 g/mol. The van der Waals surface area contributed by atoms with E-state index in [2.05, 4.69) is 9.97 Å². The summed E-state index contributed by atoms with van der Waals surface area (Å²) in [5.74, 6) is 0.851. The lowest BCUT2D eigenvalue weighted by Crippen LogP contribution is -2.05. The Hall–Kier alpha value is -3.09. The van der Waals surface area contributed by atoms with Crippen molar-refractivity contribution in [1.82, 2.24) is 9.97 Å². The zero-order chi connectivity index (χ0) is 16.7. The van der Waals surface area contributed by atoms with E-state index in [1.807, 2.05) is 0 Å². The molecule has 0 N–H and O–H groups in total. The van der Waals surface area contributed by atoms with Crippen molar-refractivity contribution in [2.75, 3.05) is 0 Å². The van der Waals surface area contributed by atoms with Gasteiger partial charge in [-0.2, -0.15) is 13.2 Å². The van der Waals surface area contributed by atoms with Gasteiger partial charge in [-0.1, -0.05) is 0 Å². The number of aromatic nitrogens is 2. The highest BCUT2D eigenvalue weighted by Gasteiger charge is 2.31. The van der Waals surface area contributed by atoms with Crippen LogP contribution in [0.25, 0.3) is 33.9 Å². The largest absolute Gasteiger partial charge is 0.463 e. The molecule has 4 nitrogen and oxygen atoms in total. The van der Waals surface area contributed by atoms with Gasteiger partial charge in [-0.25, -0.2) is 9.97 Å². The highest BCUT2D eigenvalue weighted by atomic mass is 19.4. The second kappa shape index (κ2) is 5.23. The molecule has 0 aliphatic heterocycles. The van der Waals surface area contributed by atoms with E-state index in [4.69, 9.17) is 8.83 Å². The molecule has 24 heavy (non-hydrogen) atoms. The highest BCUT2D eigenvalue weighted by Crippen LogP contribution is 2.34. The van der Waals surface area contributed by atoms with E-state index >= 15 is 0 Å². The normalized spacial score (nSPS) is 12.0. The van der Waals surface area contributed by atoms with E-state index < -0.39 is 11.7 Å². The van der Waals surface area contributed by atoms with Gasteiger partial charge in [0.25, 0.3) is 0 Å². The Balaban J connectivity index is 1.99. The van der Waals surface area contributed by atoms with Crippen LogP contribution in [0.15, 0.2) is 63.8 Å². The molecule has 3 heterocycles. The Morgan fingerprint density at radius 1 is 0.750 bits per heavy atom. The van der Waals surface area contributed by atoms with Crippen molar-refractivity contribution in [3.05, 3.63) is 60.6 Å². The van der Waals surface area contributed by atoms with Crippen LogP contribution in [-0.2, 0) is 6.18 Å². The van der Waals surface area contributed by atoms with Crippen LogP contribution in [0.2, 0.25) is 0 Å². The first-order chi connectivity index (χ1) is 11.5. The maximum Gasteiger partial charge on any atom is 0.416 e. The number of rotatable bonds is 2. The molecule has 7 heteroatoms. The van der Waals surface area contributed by atoms with E-state index in [0.29, 0.717) is 28.4 Å². The minimum Gasteiger partial charge on any atom is -0.463 e. The standard InChI is InChI=1S/C17H9F3N2O2/c18-17(19,20)10-5-6-11-12(9-10)22-16(14-4-2-8-24-14)15(21-11)13-3-1-7-23-13/h1-9H. The summed E-state index contributed by atoms with van der Waals surface area (Å²) >= 11 is 0. The topological polar surface area (TPSA) is 52.1 Å². The van der Waals surface area contributed by atoms with Crippen molar-refractivity contribution in [2.24, 2.45) is 0 Å². The number of fused-ring (bicyclic) bond motifs is 1. The summed E-state index contributed by atoms with van der Waals surface area (Å²) in [6.45, 7) is 0. The first-order valence-corrected chi connectivity index (χ1v) is 6.99. The van der Waals surface area contributed by atoms with Gasteiger partial charge in [0.15, 0.2) is 11.5 Å². The molecule has 0 unspecified atom stereocenters. The molecule has 0 bridgehead atoms. The van der Waals surface area contributed by atoms with Gasteiger partial charge >= 0.3 is 6.18 Å². The van der Waals surface area contributed by atoms with Crippen LogP contribution in [0.4, 0.5) is 13.2 Å². The molecule has 0 radical (unpaired) electrons. The van der Waals surface area contributed by atoms with Gasteiger partial charge in [-0.05, 0) is 42.5 Å². The molecule has 0 aliphatic carbocycles. The number of furan rings is 2. The van der Waals surface area contributed by atoms with Gasteiger partial charge in [0.1, 0.15) is 11.4 Å². The summed E-state index contributed by atoms with van der Waals surface area (Å²) in [7, 11) is 0. The number of halogens is 3. The second-order valence-corrected chi connectivity index (χ2v) is 5.08. The van der Waals surface area contributed by atoms with Crippen molar-refractivity contribution in [3.8, 4) is 22.9 Å². The van der Waals surface area contributed by atoms with Gasteiger partial charge < -0.3 is 8.83 Å². The number of hydrogen-bond acceptors (Lipinski definition) is 4. The molecule has 0 atom stereocenters. The van der Waals surface area contributed by atoms with Crippen LogP contribution in [0.1, 0.15) is 5.56 Å². The van der Waals surface area contributed by atoms with Gasteiger partial charge in [-0.3, -0.25) is 0 Å². The van der Waals surface area contributed by atoms with Crippen molar-refractivity contribution in [3.63, 3.8) is 0 Å². The predicted molar refractivity (Wildman–Crippen MR) is 79.9 cm³/mol. The fourth-order valence-corrected chi connectivity index (χ4v) is 2.40. The van der Waals surface area contributed by atoms with Crippen molar-refractivity contribution in [1.29, 1.82) is 0 Å². The van der Waals surface area contributed by atoms with Gasteiger partial charge in [-0.15, -0.1) is 0 Å². The summed E-state index contributed by atoms with van der Waals surface area (Å²) in [5.41, 5.74) is 0.417. The van der Waals surface area contributed by atoms with Crippen LogP contribution in [-0.4, -0.2) is 9.97 Å². The van der Waals surface area contributed by atoms with Crippen LogP contribution in [0.5, 0.6) is 0 Å². The lowest BCUT2D eigenvalue weighted by molar-refractivity contribution is -0.137. The van der Waals surface area contributed by atoms with Crippen LogP contribution >= 0.6 is 0 Å². The van der Waals surface area contributed by atoms with Crippen LogP contribution < -0.4 is 0 Å². The molecule has 3 aromatic heterocycles. The van der Waals surface area contributed by atoms with E-state index in [9.17, 15) is 13.2 Å². The molecule has 0 saturated carbocycles. The van der Waals surface area contributed by atoms with Crippen LogP contribution in [0, 0.1) is 0 Å². The molecule has 4 aromatic rings. The number of benzene rings is 1. The second-order valence-electron chi connectivity index (χ2n) is 5.08. The molecule has 0 saturated heterocycles. The average molecular weight is 330 g/mol. The fourth-order valence-electron chi connectivity index (χ4n) is 2.40. The van der Waals surface area contributed by atoms with E-state index in [0.717, 1.165) is 12.1 Å². The molecule has 4 rings (SSSR count). The quantitative estimate of drug-likeness (QED) is 0.509. The zero-order valence-corrected chi connectivity index (χ0v) is 12.0. The van der Waals surface area contributed by atoms with E-state index in [1.165, 1.54) is 18.6 Å². The lowest BCUT2D eigenvalue weighted by Gasteiger charge is -2.09. The summed E-state index contributed by atoms with van der Waals surface area (Å²) in [6, 6.07) is 9.97. The Morgan fingerprint density at radius 3 is 1.83 bits per heavy atom. The third-order valence-electron chi connectivity index (χ3n) is 3.50. The molecule has 0 aliphatic rings. The SMILES string of the molecule is FC(F)(F)c1ccc2nc(-c3ccco3)c(-c3ccco3)nc2c1. The smallest absolute Gasteiger partial charge is 0.416 e. The van der Waals surface area contributed by atoms with Gasteiger partial charge in [0.2, 0.25) is 0 Å². The summed E-state index contributed by atoms with van der Waals surface area (Å²) in [5, 5.41) is 0. The zero-order valence-electron chi connectivity index (χ0n) is 12.0. The van der Waals surface area contributed by atoms with Crippen molar-refractivity contribution < 1.29 is 22.0 Å². The molecular weight excluding hydrogens is 321 g/mol. The first kappa shape index (κ1) is 14.5. The summed E-state index contributed by atoms with van der Waals surface area (Å²) in [4.78, 5) is 8.74. The predicted octanol–water partition coefficient (Wildman–Crippen LogP) is 5.17. The fraction of sp³-hybridized carbons (Fsp3) is 0.0588. The molecule has 0 fully saturated rings. The molecule has 0 spiro atoms. The van der Waals surface area contributed by atoms with Gasteiger partial charge in [0, 0.05) is 0 Å². The van der Waals surface area contributed by atoms with Gasteiger partial charge in [0.05, 0.1) is 29.1 Å². The Kier molecular flexibility index (Phi) is 3.16. The summed E-state index contributed by atoms with van der Waals surface area (Å²) < 4.78 is 49.4. The maximum absolute atomic E-state index is 12.9. The lowest BCUT2D eigenvalue weighted by atomic mass is 10.1. The highest BCUT2D eigenvalue weighted by molar-refractivity contribution is 5.84. The minimum absolute atomic E-state index is 0.131.